The Morgan fingerprint density at radius 2 is 1.67 bits per heavy atom. The second-order valence-electron chi connectivity index (χ2n) is 7.62. The number of nitrogens with one attached hydrogen (secondary N) is 1. The van der Waals surface area contributed by atoms with E-state index in [2.05, 4.69) is 55.3 Å². The predicted octanol–water partition coefficient (Wildman–Crippen LogP) is 4.22. The maximum Gasteiger partial charge on any atom is 0.119 e. The monoisotopic (exact) mass is 332 g/mol. The van der Waals surface area contributed by atoms with Crippen molar-refractivity contribution in [3.63, 3.8) is 0 Å². The molecule has 1 aliphatic heterocycles. The fourth-order valence-corrected chi connectivity index (χ4v) is 3.12. The lowest BCUT2D eigenvalue weighted by Crippen LogP contribution is -2.43. The molecule has 0 saturated carbocycles. The first kappa shape index (κ1) is 19.3. The van der Waals surface area contributed by atoms with E-state index in [1.165, 1.54) is 44.5 Å². The third-order valence-corrected chi connectivity index (χ3v) is 5.37. The van der Waals surface area contributed by atoms with Crippen LogP contribution in [0.5, 0.6) is 5.75 Å². The molecule has 0 radical (unpaired) electrons. The number of benzene rings is 1. The molecule has 1 N–H and O–H groups in total. The molecule has 0 unspecified atom stereocenters. The summed E-state index contributed by atoms with van der Waals surface area (Å²) < 4.78 is 5.89. The zero-order valence-electron chi connectivity index (χ0n) is 15.9. The first-order valence-corrected chi connectivity index (χ1v) is 9.78. The van der Waals surface area contributed by atoms with E-state index in [9.17, 15) is 0 Å². The summed E-state index contributed by atoms with van der Waals surface area (Å²) in [6.45, 7) is 13.7. The predicted molar refractivity (Wildman–Crippen MR) is 103 cm³/mol. The van der Waals surface area contributed by atoms with Crippen LogP contribution in [0.3, 0.4) is 0 Å². The lowest BCUT2D eigenvalue weighted by atomic mass is 9.82. The minimum atomic E-state index is 0.253. The van der Waals surface area contributed by atoms with E-state index < -0.39 is 0 Å². The molecule has 3 heteroatoms. The molecule has 136 valence electrons. The Hall–Kier alpha value is -1.06. The van der Waals surface area contributed by atoms with Gasteiger partial charge in [0.15, 0.2) is 0 Å². The summed E-state index contributed by atoms with van der Waals surface area (Å²) in [5.74, 6) is 1.01. The highest BCUT2D eigenvalue weighted by molar-refractivity contribution is 5.31. The van der Waals surface area contributed by atoms with Crippen LogP contribution >= 0.6 is 0 Å². The number of nitrogens with zero attached hydrogens (tertiary/aromatic N) is 1. The molecule has 1 saturated heterocycles. The topological polar surface area (TPSA) is 24.5 Å². The Morgan fingerprint density at radius 3 is 2.33 bits per heavy atom. The third-order valence-electron chi connectivity index (χ3n) is 5.37. The van der Waals surface area contributed by atoms with Gasteiger partial charge in [-0.3, -0.25) is 0 Å². The van der Waals surface area contributed by atoms with Gasteiger partial charge in [0.2, 0.25) is 0 Å². The minimum absolute atomic E-state index is 0.253. The Morgan fingerprint density at radius 1 is 1.00 bits per heavy atom. The van der Waals surface area contributed by atoms with E-state index in [1.807, 2.05) is 0 Å². The number of ether oxygens (including phenoxy) is 1. The fraction of sp³-hybridized carbons (Fsp3) is 0.714. The van der Waals surface area contributed by atoms with Gasteiger partial charge in [-0.15, -0.1) is 0 Å². The van der Waals surface area contributed by atoms with Crippen LogP contribution in [0.1, 0.15) is 58.4 Å². The standard InChI is InChI=1S/C21H36N2O/c1-4-21(2,3)19-9-11-20(12-10-19)24-18-8-6-5-7-15-23-16-13-22-14-17-23/h9-12,22H,4-8,13-18H2,1-3H3. The second kappa shape index (κ2) is 10.0. The van der Waals surface area contributed by atoms with Crippen molar-refractivity contribution in [1.82, 2.24) is 10.2 Å². The highest BCUT2D eigenvalue weighted by atomic mass is 16.5. The summed E-state index contributed by atoms with van der Waals surface area (Å²) in [6.07, 6.45) is 6.22. The number of hydrogen-bond acceptors (Lipinski definition) is 3. The molecule has 3 nitrogen and oxygen atoms in total. The van der Waals surface area contributed by atoms with Gasteiger partial charge in [-0.1, -0.05) is 45.7 Å². The van der Waals surface area contributed by atoms with E-state index in [4.69, 9.17) is 4.74 Å². The lowest BCUT2D eigenvalue weighted by Gasteiger charge is -2.27. The largest absolute Gasteiger partial charge is 0.494 e. The molecule has 1 heterocycles. The molecule has 24 heavy (non-hydrogen) atoms. The molecule has 0 aromatic heterocycles. The van der Waals surface area contributed by atoms with Gasteiger partial charge in [0, 0.05) is 26.2 Å². The van der Waals surface area contributed by atoms with Gasteiger partial charge in [-0.25, -0.2) is 0 Å². The number of hydrogen-bond donors (Lipinski definition) is 1. The van der Waals surface area contributed by atoms with E-state index in [0.717, 1.165) is 38.3 Å². The third kappa shape index (κ3) is 6.45. The molecule has 1 aromatic carbocycles. The lowest BCUT2D eigenvalue weighted by molar-refractivity contribution is 0.234. The average molecular weight is 333 g/mol. The maximum atomic E-state index is 5.89. The van der Waals surface area contributed by atoms with Crippen LogP contribution in [0.25, 0.3) is 0 Å². The first-order valence-electron chi connectivity index (χ1n) is 9.78. The van der Waals surface area contributed by atoms with Gasteiger partial charge in [-0.05, 0) is 48.9 Å². The van der Waals surface area contributed by atoms with E-state index in [0.29, 0.717) is 0 Å². The SMILES string of the molecule is CCC(C)(C)c1ccc(OCCCCCCN2CCNCC2)cc1. The summed E-state index contributed by atoms with van der Waals surface area (Å²) in [6, 6.07) is 8.67. The quantitative estimate of drug-likeness (QED) is 0.649. The summed E-state index contributed by atoms with van der Waals surface area (Å²) >= 11 is 0. The van der Waals surface area contributed by atoms with Gasteiger partial charge < -0.3 is 15.0 Å². The molecule has 0 spiro atoms. The van der Waals surface area contributed by atoms with Gasteiger partial charge in [-0.2, -0.15) is 0 Å². The van der Waals surface area contributed by atoms with Crippen molar-refractivity contribution >= 4 is 0 Å². The van der Waals surface area contributed by atoms with Gasteiger partial charge in [0.25, 0.3) is 0 Å². The maximum absolute atomic E-state index is 5.89. The Kier molecular flexibility index (Phi) is 8.07. The van der Waals surface area contributed by atoms with E-state index >= 15 is 0 Å². The van der Waals surface area contributed by atoms with Crippen molar-refractivity contribution in [1.29, 1.82) is 0 Å². The van der Waals surface area contributed by atoms with Crippen molar-refractivity contribution < 1.29 is 4.74 Å². The molecule has 0 atom stereocenters. The molecular formula is C21H36N2O. The van der Waals surface area contributed by atoms with Crippen LogP contribution in [-0.4, -0.2) is 44.2 Å². The number of piperazine rings is 1. The normalized spacial score (nSPS) is 16.3. The van der Waals surface area contributed by atoms with Crippen LogP contribution in [0.4, 0.5) is 0 Å². The Balaban J connectivity index is 1.54. The van der Waals surface area contributed by atoms with Crippen LogP contribution in [0.2, 0.25) is 0 Å². The highest BCUT2D eigenvalue weighted by Crippen LogP contribution is 2.28. The van der Waals surface area contributed by atoms with Crippen LogP contribution in [-0.2, 0) is 5.41 Å². The molecule has 1 fully saturated rings. The van der Waals surface area contributed by atoms with Gasteiger partial charge in [0.1, 0.15) is 5.75 Å². The van der Waals surface area contributed by atoms with Crippen molar-refractivity contribution in [2.75, 3.05) is 39.3 Å². The second-order valence-corrected chi connectivity index (χ2v) is 7.62. The summed E-state index contributed by atoms with van der Waals surface area (Å²) in [5, 5.41) is 3.41. The smallest absolute Gasteiger partial charge is 0.119 e. The van der Waals surface area contributed by atoms with Crippen LogP contribution < -0.4 is 10.1 Å². The van der Waals surface area contributed by atoms with Crippen LogP contribution in [0.15, 0.2) is 24.3 Å². The molecule has 1 aromatic rings. The van der Waals surface area contributed by atoms with Crippen molar-refractivity contribution in [2.24, 2.45) is 0 Å². The molecule has 0 bridgehead atoms. The van der Waals surface area contributed by atoms with Crippen molar-refractivity contribution in [3.8, 4) is 5.75 Å². The zero-order valence-corrected chi connectivity index (χ0v) is 15.9. The summed E-state index contributed by atoms with van der Waals surface area (Å²) in [5.41, 5.74) is 1.65. The Labute approximate surface area is 148 Å². The number of rotatable bonds is 10. The van der Waals surface area contributed by atoms with Gasteiger partial charge >= 0.3 is 0 Å². The molecular weight excluding hydrogens is 296 g/mol. The molecule has 1 aliphatic rings. The number of unbranched alkanes of at least 4 members (excludes halogenated alkanes) is 3. The van der Waals surface area contributed by atoms with E-state index in [-0.39, 0.29) is 5.41 Å². The summed E-state index contributed by atoms with van der Waals surface area (Å²) in [4.78, 5) is 2.58. The zero-order chi connectivity index (χ0) is 17.3. The molecule has 2 rings (SSSR count). The Bertz CT molecular complexity index is 449. The fourth-order valence-electron chi connectivity index (χ4n) is 3.12. The highest BCUT2D eigenvalue weighted by Gasteiger charge is 2.17. The van der Waals surface area contributed by atoms with Gasteiger partial charge in [0.05, 0.1) is 6.61 Å². The van der Waals surface area contributed by atoms with Crippen molar-refractivity contribution in [3.05, 3.63) is 29.8 Å². The molecule has 0 aliphatic carbocycles. The van der Waals surface area contributed by atoms with E-state index in [1.54, 1.807) is 0 Å². The first-order chi connectivity index (χ1) is 11.6. The van der Waals surface area contributed by atoms with Crippen molar-refractivity contribution in [2.45, 2.75) is 58.3 Å². The van der Waals surface area contributed by atoms with Crippen LogP contribution in [0, 0.1) is 0 Å². The average Bonchev–Trinajstić information content (AvgIpc) is 2.62. The minimum Gasteiger partial charge on any atom is -0.494 e. The summed E-state index contributed by atoms with van der Waals surface area (Å²) in [7, 11) is 0. The molecule has 0 amide bonds.